The average molecular weight is 406 g/mol. The molecule has 1 aliphatic rings. The molecule has 0 saturated carbocycles. The highest BCUT2D eigenvalue weighted by molar-refractivity contribution is 7.93. The van der Waals surface area contributed by atoms with Crippen molar-refractivity contribution >= 4 is 25.7 Å². The molecule has 3 rings (SSSR count). The monoisotopic (exact) mass is 406 g/mol. The molecule has 0 saturated heterocycles. The Hall–Kier alpha value is -2.11. The normalized spacial score (nSPS) is 15.2. The maximum atomic E-state index is 13.2. The maximum absolute atomic E-state index is 13.2. The van der Waals surface area contributed by atoms with Gasteiger partial charge in [-0.05, 0) is 42.3 Å². The number of nitrogens with two attached hydrogens (primary N) is 1. The highest BCUT2D eigenvalue weighted by atomic mass is 32.2. The number of hydrogen-bond donors (Lipinski definition) is 1. The lowest BCUT2D eigenvalue weighted by atomic mass is 10.2. The molecule has 0 unspecified atom stereocenters. The second kappa shape index (κ2) is 5.96. The zero-order chi connectivity index (χ0) is 19.3. The summed E-state index contributed by atoms with van der Waals surface area (Å²) in [4.78, 5) is -1.04. The number of hydrogen-bond acceptors (Lipinski definition) is 4. The largest absolute Gasteiger partial charge is 0.417 e. The van der Waals surface area contributed by atoms with Gasteiger partial charge >= 0.3 is 6.18 Å². The Labute approximate surface area is 148 Å². The van der Waals surface area contributed by atoms with Gasteiger partial charge in [-0.3, -0.25) is 4.31 Å². The van der Waals surface area contributed by atoms with E-state index in [1.807, 2.05) is 0 Å². The summed E-state index contributed by atoms with van der Waals surface area (Å²) in [5.74, 6) is 0. The van der Waals surface area contributed by atoms with Gasteiger partial charge in [0.2, 0.25) is 10.0 Å². The summed E-state index contributed by atoms with van der Waals surface area (Å²) in [6.45, 7) is -0.0993. The van der Waals surface area contributed by atoms with Crippen LogP contribution in [0, 0.1) is 0 Å². The van der Waals surface area contributed by atoms with Crippen LogP contribution in [0.1, 0.15) is 11.1 Å². The first-order valence-corrected chi connectivity index (χ1v) is 10.3. The van der Waals surface area contributed by atoms with Crippen LogP contribution >= 0.6 is 0 Å². The lowest BCUT2D eigenvalue weighted by Gasteiger charge is -2.22. The van der Waals surface area contributed by atoms with Crippen LogP contribution in [0.2, 0.25) is 0 Å². The van der Waals surface area contributed by atoms with E-state index in [9.17, 15) is 30.0 Å². The molecular weight excluding hydrogens is 393 g/mol. The van der Waals surface area contributed by atoms with Gasteiger partial charge in [0.15, 0.2) is 0 Å². The molecule has 2 aromatic carbocycles. The van der Waals surface area contributed by atoms with Crippen molar-refractivity contribution in [3.63, 3.8) is 0 Å². The molecule has 0 radical (unpaired) electrons. The van der Waals surface area contributed by atoms with Crippen LogP contribution in [-0.4, -0.2) is 23.4 Å². The molecule has 2 aromatic rings. The van der Waals surface area contributed by atoms with E-state index in [0.29, 0.717) is 11.6 Å². The Kier molecular flexibility index (Phi) is 4.28. The topological polar surface area (TPSA) is 97.5 Å². The first-order chi connectivity index (χ1) is 11.9. The van der Waals surface area contributed by atoms with Gasteiger partial charge in [0, 0.05) is 6.54 Å². The fraction of sp³-hybridized carbons (Fsp3) is 0.200. The molecule has 1 aliphatic heterocycles. The van der Waals surface area contributed by atoms with Gasteiger partial charge in [-0.2, -0.15) is 13.2 Å². The summed E-state index contributed by atoms with van der Waals surface area (Å²) in [5, 5.41) is 5.05. The van der Waals surface area contributed by atoms with Crippen molar-refractivity contribution in [2.45, 2.75) is 22.4 Å². The number of nitrogens with zero attached hydrogens (tertiary/aromatic N) is 1. The number of halogens is 3. The minimum atomic E-state index is -4.83. The van der Waals surface area contributed by atoms with Gasteiger partial charge in [-0.15, -0.1) is 0 Å². The van der Waals surface area contributed by atoms with Crippen LogP contribution in [0.5, 0.6) is 0 Å². The highest BCUT2D eigenvalue weighted by Crippen LogP contribution is 2.39. The zero-order valence-corrected chi connectivity index (χ0v) is 14.7. The Morgan fingerprint density at radius 3 is 2.27 bits per heavy atom. The Balaban J connectivity index is 2.11. The number of benzene rings is 2. The van der Waals surface area contributed by atoms with Crippen LogP contribution in [0.4, 0.5) is 18.9 Å². The predicted octanol–water partition coefficient (Wildman–Crippen LogP) is 2.10. The van der Waals surface area contributed by atoms with Crippen molar-refractivity contribution in [2.75, 3.05) is 10.8 Å². The van der Waals surface area contributed by atoms with E-state index < -0.39 is 36.7 Å². The number of fused-ring (bicyclic) bond motifs is 1. The summed E-state index contributed by atoms with van der Waals surface area (Å²) in [7, 11) is -8.45. The van der Waals surface area contributed by atoms with Gasteiger partial charge < -0.3 is 0 Å². The standard InChI is InChI=1S/C15H13F3N2O4S2/c16-15(17,18)12-3-1-2-4-14(12)26(23,24)20-8-7-10-9-11(25(19,21)22)5-6-13(10)20/h1-6,9H,7-8H2,(H2,19,21,22). The SMILES string of the molecule is NS(=O)(=O)c1ccc2c(c1)CCN2S(=O)(=O)c1ccccc1C(F)(F)F. The third-order valence-electron chi connectivity index (χ3n) is 3.99. The number of anilines is 1. The van der Waals surface area contributed by atoms with Gasteiger partial charge in [-0.1, -0.05) is 12.1 Å². The van der Waals surface area contributed by atoms with Crippen LogP contribution in [-0.2, 0) is 32.6 Å². The summed E-state index contributed by atoms with van der Waals surface area (Å²) in [5.41, 5.74) is -0.742. The molecule has 0 aliphatic carbocycles. The molecule has 0 atom stereocenters. The highest BCUT2D eigenvalue weighted by Gasteiger charge is 2.40. The predicted molar refractivity (Wildman–Crippen MR) is 87.5 cm³/mol. The number of alkyl halides is 3. The van der Waals surface area contributed by atoms with Gasteiger partial charge in [0.25, 0.3) is 10.0 Å². The van der Waals surface area contributed by atoms with Crippen LogP contribution < -0.4 is 9.44 Å². The minimum absolute atomic E-state index is 0.0993. The molecule has 0 spiro atoms. The fourth-order valence-electron chi connectivity index (χ4n) is 2.82. The van der Waals surface area contributed by atoms with Crippen molar-refractivity contribution in [1.82, 2.24) is 0 Å². The molecular formula is C15H13F3N2O4S2. The van der Waals surface area contributed by atoms with Crippen LogP contribution in [0.15, 0.2) is 52.3 Å². The van der Waals surface area contributed by atoms with Gasteiger partial charge in [0.05, 0.1) is 21.0 Å². The zero-order valence-electron chi connectivity index (χ0n) is 13.1. The second-order valence-electron chi connectivity index (χ2n) is 5.66. The minimum Gasteiger partial charge on any atom is -0.266 e. The van der Waals surface area contributed by atoms with E-state index >= 15 is 0 Å². The van der Waals surface area contributed by atoms with E-state index in [2.05, 4.69) is 0 Å². The molecule has 140 valence electrons. The van der Waals surface area contributed by atoms with Crippen molar-refractivity contribution < 1.29 is 30.0 Å². The maximum Gasteiger partial charge on any atom is 0.417 e. The van der Waals surface area contributed by atoms with Crippen molar-refractivity contribution in [3.05, 3.63) is 53.6 Å². The summed E-state index contributed by atoms with van der Waals surface area (Å²) in [6.07, 6.45) is -4.67. The summed E-state index contributed by atoms with van der Waals surface area (Å²) >= 11 is 0. The summed E-state index contributed by atoms with van der Waals surface area (Å²) < 4.78 is 88.9. The molecule has 26 heavy (non-hydrogen) atoms. The smallest absolute Gasteiger partial charge is 0.266 e. The fourth-order valence-corrected chi connectivity index (χ4v) is 5.10. The Bertz CT molecular complexity index is 1080. The molecule has 0 aromatic heterocycles. The molecule has 0 bridgehead atoms. The van der Waals surface area contributed by atoms with Crippen LogP contribution in [0.3, 0.4) is 0 Å². The third kappa shape index (κ3) is 3.17. The average Bonchev–Trinajstić information content (AvgIpc) is 2.97. The molecule has 2 N–H and O–H groups in total. The lowest BCUT2D eigenvalue weighted by molar-refractivity contribution is -0.139. The number of sulfonamides is 2. The number of rotatable bonds is 3. The first kappa shape index (κ1) is 18.7. The number of primary sulfonamides is 1. The lowest BCUT2D eigenvalue weighted by Crippen LogP contribution is -2.31. The summed E-state index contributed by atoms with van der Waals surface area (Å²) in [6, 6.07) is 7.51. The molecule has 1 heterocycles. The van der Waals surface area contributed by atoms with E-state index in [1.54, 1.807) is 0 Å². The Morgan fingerprint density at radius 1 is 1.00 bits per heavy atom. The third-order valence-corrected chi connectivity index (χ3v) is 6.78. The van der Waals surface area contributed by atoms with Crippen LogP contribution in [0.25, 0.3) is 0 Å². The second-order valence-corrected chi connectivity index (χ2v) is 9.05. The van der Waals surface area contributed by atoms with E-state index in [1.165, 1.54) is 18.2 Å². The Morgan fingerprint density at radius 2 is 1.65 bits per heavy atom. The van der Waals surface area contributed by atoms with Crippen molar-refractivity contribution in [3.8, 4) is 0 Å². The van der Waals surface area contributed by atoms with Crippen molar-refractivity contribution in [2.24, 2.45) is 5.14 Å². The first-order valence-electron chi connectivity index (χ1n) is 7.27. The molecule has 11 heteroatoms. The quantitative estimate of drug-likeness (QED) is 0.844. The molecule has 0 fully saturated rings. The van der Waals surface area contributed by atoms with Gasteiger partial charge in [-0.25, -0.2) is 22.0 Å². The molecule has 6 nitrogen and oxygen atoms in total. The van der Waals surface area contributed by atoms with Crippen molar-refractivity contribution in [1.29, 1.82) is 0 Å². The van der Waals surface area contributed by atoms with Gasteiger partial charge in [0.1, 0.15) is 0 Å². The van der Waals surface area contributed by atoms with E-state index in [4.69, 9.17) is 5.14 Å². The molecule has 0 amide bonds. The van der Waals surface area contributed by atoms with E-state index in [0.717, 1.165) is 22.5 Å². The van der Waals surface area contributed by atoms with E-state index in [-0.39, 0.29) is 23.5 Å².